The third-order valence-corrected chi connectivity index (χ3v) is 3.55. The highest BCUT2D eigenvalue weighted by Crippen LogP contribution is 2.28. The summed E-state index contributed by atoms with van der Waals surface area (Å²) in [5.74, 6) is 0.152. The van der Waals surface area contributed by atoms with Gasteiger partial charge in [0.25, 0.3) is 0 Å². The number of benzene rings is 1. The number of hydrogen-bond acceptors (Lipinski definition) is 3. The second-order valence-corrected chi connectivity index (χ2v) is 5.45. The summed E-state index contributed by atoms with van der Waals surface area (Å²) in [5, 5.41) is 3.33. The Bertz CT molecular complexity index is 589. The van der Waals surface area contributed by atoms with Crippen molar-refractivity contribution in [3.63, 3.8) is 0 Å². The number of hydrogen-bond donors (Lipinski definition) is 2. The van der Waals surface area contributed by atoms with Crippen LogP contribution >= 0.6 is 15.9 Å². The molecule has 0 aliphatic rings. The molecule has 1 aromatic heterocycles. The van der Waals surface area contributed by atoms with Gasteiger partial charge in [0.1, 0.15) is 11.6 Å². The Morgan fingerprint density at radius 2 is 2.15 bits per heavy atom. The molecule has 2 aromatic rings. The number of nitrogens with two attached hydrogens (primary N) is 1. The second kappa shape index (κ2) is 6.81. The first kappa shape index (κ1) is 14.9. The SMILES string of the molecule is CCCNC(c1ccc(Br)cc1F)c1cccnc1N. The Morgan fingerprint density at radius 3 is 2.80 bits per heavy atom. The summed E-state index contributed by atoms with van der Waals surface area (Å²) in [6, 6.07) is 8.44. The molecule has 1 unspecified atom stereocenters. The van der Waals surface area contributed by atoms with Crippen LogP contribution in [0.25, 0.3) is 0 Å². The number of nitrogens with one attached hydrogen (secondary N) is 1. The molecule has 106 valence electrons. The number of anilines is 1. The molecular weight excluding hydrogens is 321 g/mol. The lowest BCUT2D eigenvalue weighted by Crippen LogP contribution is -2.25. The zero-order valence-electron chi connectivity index (χ0n) is 11.2. The first-order chi connectivity index (χ1) is 9.63. The van der Waals surface area contributed by atoms with E-state index in [1.54, 1.807) is 12.3 Å². The van der Waals surface area contributed by atoms with Crippen LogP contribution in [-0.2, 0) is 0 Å². The summed E-state index contributed by atoms with van der Waals surface area (Å²) in [6.07, 6.45) is 2.59. The van der Waals surface area contributed by atoms with Gasteiger partial charge in [-0.1, -0.05) is 35.0 Å². The van der Waals surface area contributed by atoms with Gasteiger partial charge in [-0.2, -0.15) is 0 Å². The number of aromatic nitrogens is 1. The Labute approximate surface area is 126 Å². The summed E-state index contributed by atoms with van der Waals surface area (Å²) in [5.41, 5.74) is 7.29. The van der Waals surface area contributed by atoms with Crippen molar-refractivity contribution in [2.45, 2.75) is 19.4 Å². The first-order valence-corrected chi connectivity index (χ1v) is 7.31. The molecule has 0 spiro atoms. The minimum Gasteiger partial charge on any atom is -0.383 e. The van der Waals surface area contributed by atoms with E-state index in [4.69, 9.17) is 5.73 Å². The van der Waals surface area contributed by atoms with E-state index < -0.39 is 0 Å². The summed E-state index contributed by atoms with van der Waals surface area (Å²) < 4.78 is 14.9. The maximum absolute atomic E-state index is 14.2. The van der Waals surface area contributed by atoms with Crippen LogP contribution in [0.4, 0.5) is 10.2 Å². The van der Waals surface area contributed by atoms with Crippen molar-refractivity contribution < 1.29 is 4.39 Å². The van der Waals surface area contributed by atoms with Crippen LogP contribution < -0.4 is 11.1 Å². The van der Waals surface area contributed by atoms with Crippen LogP contribution in [0, 0.1) is 5.82 Å². The molecule has 0 bridgehead atoms. The van der Waals surface area contributed by atoms with Crippen LogP contribution in [0.15, 0.2) is 41.0 Å². The molecule has 3 N–H and O–H groups in total. The van der Waals surface area contributed by atoms with Gasteiger partial charge in [-0.05, 0) is 31.2 Å². The molecule has 0 aliphatic heterocycles. The van der Waals surface area contributed by atoms with Crippen molar-refractivity contribution in [1.29, 1.82) is 0 Å². The van der Waals surface area contributed by atoms with Gasteiger partial charge < -0.3 is 11.1 Å². The molecule has 1 heterocycles. The average Bonchev–Trinajstić information content (AvgIpc) is 2.42. The molecule has 0 saturated heterocycles. The van der Waals surface area contributed by atoms with Gasteiger partial charge >= 0.3 is 0 Å². The van der Waals surface area contributed by atoms with E-state index in [0.717, 1.165) is 18.5 Å². The minimum absolute atomic E-state index is 0.267. The minimum atomic E-state index is -0.295. The van der Waals surface area contributed by atoms with E-state index in [1.807, 2.05) is 18.2 Å². The van der Waals surface area contributed by atoms with Crippen molar-refractivity contribution in [2.24, 2.45) is 0 Å². The third-order valence-electron chi connectivity index (χ3n) is 3.05. The molecule has 0 radical (unpaired) electrons. The Morgan fingerprint density at radius 1 is 1.35 bits per heavy atom. The number of pyridine rings is 1. The molecule has 1 aromatic carbocycles. The number of rotatable bonds is 5. The number of nitrogens with zero attached hydrogens (tertiary/aromatic N) is 1. The second-order valence-electron chi connectivity index (χ2n) is 4.53. The predicted octanol–water partition coefficient (Wildman–Crippen LogP) is 3.65. The fourth-order valence-electron chi connectivity index (χ4n) is 2.09. The Kier molecular flexibility index (Phi) is 5.09. The summed E-state index contributed by atoms with van der Waals surface area (Å²) in [7, 11) is 0. The standard InChI is InChI=1S/C15H17BrFN3/c1-2-7-19-14(12-4-3-8-20-15(12)18)11-6-5-10(16)9-13(11)17/h3-6,8-9,14,19H,2,7H2,1H3,(H2,18,20). The van der Waals surface area contributed by atoms with Crippen molar-refractivity contribution in [3.05, 3.63) is 57.9 Å². The van der Waals surface area contributed by atoms with Crippen LogP contribution in [-0.4, -0.2) is 11.5 Å². The van der Waals surface area contributed by atoms with Crippen molar-refractivity contribution in [2.75, 3.05) is 12.3 Å². The van der Waals surface area contributed by atoms with Gasteiger partial charge in [-0.25, -0.2) is 9.37 Å². The molecule has 3 nitrogen and oxygen atoms in total. The summed E-state index contributed by atoms with van der Waals surface area (Å²) in [6.45, 7) is 2.84. The monoisotopic (exact) mass is 337 g/mol. The number of halogens is 2. The average molecular weight is 338 g/mol. The van der Waals surface area contributed by atoms with Crippen molar-refractivity contribution in [1.82, 2.24) is 10.3 Å². The van der Waals surface area contributed by atoms with E-state index >= 15 is 0 Å². The molecule has 0 amide bonds. The van der Waals surface area contributed by atoms with Gasteiger partial charge in [-0.15, -0.1) is 0 Å². The molecule has 0 aliphatic carbocycles. The van der Waals surface area contributed by atoms with Gasteiger partial charge in [0.2, 0.25) is 0 Å². The van der Waals surface area contributed by atoms with Crippen molar-refractivity contribution >= 4 is 21.7 Å². The largest absolute Gasteiger partial charge is 0.383 e. The van der Waals surface area contributed by atoms with E-state index in [0.29, 0.717) is 15.9 Å². The van der Waals surface area contributed by atoms with E-state index in [-0.39, 0.29) is 11.9 Å². The van der Waals surface area contributed by atoms with Crippen LogP contribution in [0.5, 0.6) is 0 Å². The smallest absolute Gasteiger partial charge is 0.129 e. The quantitative estimate of drug-likeness (QED) is 0.875. The summed E-state index contributed by atoms with van der Waals surface area (Å²) in [4.78, 5) is 4.09. The van der Waals surface area contributed by atoms with Crippen LogP contribution in [0.3, 0.4) is 0 Å². The van der Waals surface area contributed by atoms with E-state index in [2.05, 4.69) is 33.2 Å². The van der Waals surface area contributed by atoms with Gasteiger partial charge in [-0.3, -0.25) is 0 Å². The zero-order chi connectivity index (χ0) is 14.5. The number of nitrogen functional groups attached to an aromatic ring is 1. The van der Waals surface area contributed by atoms with E-state index in [1.165, 1.54) is 6.07 Å². The molecule has 1 atom stereocenters. The zero-order valence-corrected chi connectivity index (χ0v) is 12.8. The predicted molar refractivity (Wildman–Crippen MR) is 82.9 cm³/mol. The highest BCUT2D eigenvalue weighted by atomic mass is 79.9. The first-order valence-electron chi connectivity index (χ1n) is 6.52. The topological polar surface area (TPSA) is 50.9 Å². The summed E-state index contributed by atoms with van der Waals surface area (Å²) >= 11 is 3.27. The highest BCUT2D eigenvalue weighted by Gasteiger charge is 2.19. The molecule has 0 fully saturated rings. The van der Waals surface area contributed by atoms with Gasteiger partial charge in [0, 0.05) is 21.8 Å². The normalized spacial score (nSPS) is 12.3. The maximum Gasteiger partial charge on any atom is 0.129 e. The maximum atomic E-state index is 14.2. The lowest BCUT2D eigenvalue weighted by molar-refractivity contribution is 0.546. The lowest BCUT2D eigenvalue weighted by atomic mass is 9.98. The Hall–Kier alpha value is -1.46. The fraction of sp³-hybridized carbons (Fsp3) is 0.267. The highest BCUT2D eigenvalue weighted by molar-refractivity contribution is 9.10. The van der Waals surface area contributed by atoms with Crippen LogP contribution in [0.2, 0.25) is 0 Å². The van der Waals surface area contributed by atoms with Gasteiger partial charge in [0.05, 0.1) is 6.04 Å². The van der Waals surface area contributed by atoms with Gasteiger partial charge in [0.15, 0.2) is 0 Å². The molecular formula is C15H17BrFN3. The fourth-order valence-corrected chi connectivity index (χ4v) is 2.42. The lowest BCUT2D eigenvalue weighted by Gasteiger charge is -2.21. The molecule has 5 heteroatoms. The Balaban J connectivity index is 2.44. The van der Waals surface area contributed by atoms with Crippen LogP contribution in [0.1, 0.15) is 30.5 Å². The molecule has 2 rings (SSSR count). The molecule has 0 saturated carbocycles. The van der Waals surface area contributed by atoms with E-state index in [9.17, 15) is 4.39 Å². The van der Waals surface area contributed by atoms with Crippen molar-refractivity contribution in [3.8, 4) is 0 Å². The molecule has 20 heavy (non-hydrogen) atoms. The third kappa shape index (κ3) is 3.35.